The molecular weight excluding hydrogens is 311 g/mol. The standard InChI is InChI=1S/C15H12Cl2N2O2/c1-9(20)18-14-5-3-2-4-11(14)15(21)19-10-6-7-12(16)13(17)8-10/h2-8H,1H3,(H,18,20)(H,19,21). The van der Waals surface area contributed by atoms with Gasteiger partial charge in [-0.3, -0.25) is 9.59 Å². The van der Waals surface area contributed by atoms with Gasteiger partial charge in [0.25, 0.3) is 5.91 Å². The first-order chi connectivity index (χ1) is 9.97. The summed E-state index contributed by atoms with van der Waals surface area (Å²) < 4.78 is 0. The number of nitrogens with one attached hydrogen (secondary N) is 2. The Kier molecular flexibility index (Phi) is 4.83. The van der Waals surface area contributed by atoms with Crippen LogP contribution < -0.4 is 10.6 Å². The van der Waals surface area contributed by atoms with E-state index in [1.807, 2.05) is 0 Å². The molecule has 2 aromatic rings. The Morgan fingerprint density at radius 1 is 0.952 bits per heavy atom. The topological polar surface area (TPSA) is 58.2 Å². The molecule has 0 saturated heterocycles. The van der Waals surface area contributed by atoms with Crippen LogP contribution >= 0.6 is 23.2 Å². The summed E-state index contributed by atoms with van der Waals surface area (Å²) in [6.07, 6.45) is 0. The quantitative estimate of drug-likeness (QED) is 0.889. The SMILES string of the molecule is CC(=O)Nc1ccccc1C(=O)Nc1ccc(Cl)c(Cl)c1. The predicted octanol–water partition coefficient (Wildman–Crippen LogP) is 4.20. The smallest absolute Gasteiger partial charge is 0.257 e. The third kappa shape index (κ3) is 3.97. The zero-order valence-corrected chi connectivity index (χ0v) is 12.6. The number of rotatable bonds is 3. The molecule has 0 atom stereocenters. The molecule has 0 radical (unpaired) electrons. The Morgan fingerprint density at radius 3 is 2.33 bits per heavy atom. The van der Waals surface area contributed by atoms with Crippen molar-refractivity contribution in [2.24, 2.45) is 0 Å². The van der Waals surface area contributed by atoms with E-state index in [-0.39, 0.29) is 11.8 Å². The molecule has 21 heavy (non-hydrogen) atoms. The molecule has 2 rings (SSSR count). The molecule has 2 amide bonds. The number of hydrogen-bond acceptors (Lipinski definition) is 2. The molecule has 0 bridgehead atoms. The fraction of sp³-hybridized carbons (Fsp3) is 0.0667. The molecule has 0 saturated carbocycles. The van der Waals surface area contributed by atoms with E-state index >= 15 is 0 Å². The third-order valence-electron chi connectivity index (χ3n) is 2.66. The maximum atomic E-state index is 12.3. The molecule has 2 aromatic carbocycles. The number of halogens is 2. The van der Waals surface area contributed by atoms with Gasteiger partial charge in [0.2, 0.25) is 5.91 Å². The zero-order valence-electron chi connectivity index (χ0n) is 11.1. The van der Waals surface area contributed by atoms with Gasteiger partial charge in [-0.05, 0) is 30.3 Å². The van der Waals surface area contributed by atoms with Crippen LogP contribution in [-0.2, 0) is 4.79 Å². The van der Waals surface area contributed by atoms with Gasteiger partial charge in [0.05, 0.1) is 21.3 Å². The van der Waals surface area contributed by atoms with E-state index in [0.29, 0.717) is 27.0 Å². The first-order valence-corrected chi connectivity index (χ1v) is 6.86. The van der Waals surface area contributed by atoms with Crippen LogP contribution in [0.15, 0.2) is 42.5 Å². The Balaban J connectivity index is 2.24. The summed E-state index contributed by atoms with van der Waals surface area (Å²) in [7, 11) is 0. The fourth-order valence-electron chi connectivity index (χ4n) is 1.75. The monoisotopic (exact) mass is 322 g/mol. The lowest BCUT2D eigenvalue weighted by atomic mass is 10.1. The lowest BCUT2D eigenvalue weighted by molar-refractivity contribution is -0.114. The van der Waals surface area contributed by atoms with E-state index in [4.69, 9.17) is 23.2 Å². The van der Waals surface area contributed by atoms with Gasteiger partial charge in [-0.25, -0.2) is 0 Å². The molecule has 6 heteroatoms. The van der Waals surface area contributed by atoms with Gasteiger partial charge in [-0.2, -0.15) is 0 Å². The van der Waals surface area contributed by atoms with Crippen molar-refractivity contribution >= 4 is 46.4 Å². The molecule has 4 nitrogen and oxygen atoms in total. The Morgan fingerprint density at radius 2 is 1.67 bits per heavy atom. The van der Waals surface area contributed by atoms with Crippen molar-refractivity contribution in [3.05, 3.63) is 58.1 Å². The number of carbonyl (C=O) groups excluding carboxylic acids is 2. The van der Waals surface area contributed by atoms with E-state index in [1.165, 1.54) is 6.92 Å². The molecular formula is C15H12Cl2N2O2. The van der Waals surface area contributed by atoms with Crippen molar-refractivity contribution in [2.45, 2.75) is 6.92 Å². The van der Waals surface area contributed by atoms with Crippen LogP contribution in [0.25, 0.3) is 0 Å². The van der Waals surface area contributed by atoms with Crippen LogP contribution in [0.5, 0.6) is 0 Å². The maximum absolute atomic E-state index is 12.3. The minimum Gasteiger partial charge on any atom is -0.326 e. The molecule has 0 heterocycles. The van der Waals surface area contributed by atoms with E-state index < -0.39 is 0 Å². The molecule has 0 aliphatic heterocycles. The highest BCUT2D eigenvalue weighted by molar-refractivity contribution is 6.42. The first-order valence-electron chi connectivity index (χ1n) is 6.10. The molecule has 108 valence electrons. The predicted molar refractivity (Wildman–Crippen MR) is 85.2 cm³/mol. The molecule has 0 unspecified atom stereocenters. The van der Waals surface area contributed by atoms with E-state index in [9.17, 15) is 9.59 Å². The van der Waals surface area contributed by atoms with E-state index in [1.54, 1.807) is 42.5 Å². The van der Waals surface area contributed by atoms with Crippen LogP contribution in [0.3, 0.4) is 0 Å². The highest BCUT2D eigenvalue weighted by atomic mass is 35.5. The second-order valence-electron chi connectivity index (χ2n) is 4.31. The van der Waals surface area contributed by atoms with Crippen molar-refractivity contribution in [2.75, 3.05) is 10.6 Å². The van der Waals surface area contributed by atoms with Crippen LogP contribution in [0.4, 0.5) is 11.4 Å². The van der Waals surface area contributed by atoms with Crippen LogP contribution in [0.1, 0.15) is 17.3 Å². The third-order valence-corrected chi connectivity index (χ3v) is 3.40. The Hall–Kier alpha value is -2.04. The molecule has 0 aliphatic carbocycles. The lowest BCUT2D eigenvalue weighted by Crippen LogP contribution is -2.16. The van der Waals surface area contributed by atoms with Crippen LogP contribution in [0, 0.1) is 0 Å². The van der Waals surface area contributed by atoms with Crippen molar-refractivity contribution in [1.29, 1.82) is 0 Å². The zero-order chi connectivity index (χ0) is 15.4. The van der Waals surface area contributed by atoms with Gasteiger partial charge in [0.1, 0.15) is 0 Å². The van der Waals surface area contributed by atoms with Gasteiger partial charge < -0.3 is 10.6 Å². The number of carbonyl (C=O) groups is 2. The average molecular weight is 323 g/mol. The molecule has 0 aromatic heterocycles. The van der Waals surface area contributed by atoms with Crippen molar-refractivity contribution in [3.8, 4) is 0 Å². The van der Waals surface area contributed by atoms with Gasteiger partial charge in [-0.15, -0.1) is 0 Å². The minimum absolute atomic E-state index is 0.246. The van der Waals surface area contributed by atoms with Crippen molar-refractivity contribution < 1.29 is 9.59 Å². The molecule has 2 N–H and O–H groups in total. The molecule has 0 aliphatic rings. The highest BCUT2D eigenvalue weighted by Crippen LogP contribution is 2.25. The fourth-order valence-corrected chi connectivity index (χ4v) is 2.05. The second-order valence-corrected chi connectivity index (χ2v) is 5.12. The summed E-state index contributed by atoms with van der Waals surface area (Å²) in [4.78, 5) is 23.4. The average Bonchev–Trinajstić information content (AvgIpc) is 2.43. The summed E-state index contributed by atoms with van der Waals surface area (Å²) in [6.45, 7) is 1.38. The first kappa shape index (κ1) is 15.4. The Bertz CT molecular complexity index is 702. The maximum Gasteiger partial charge on any atom is 0.257 e. The number of para-hydroxylation sites is 1. The van der Waals surface area contributed by atoms with Gasteiger partial charge in [0, 0.05) is 12.6 Å². The normalized spacial score (nSPS) is 10.0. The largest absolute Gasteiger partial charge is 0.326 e. The number of hydrogen-bond donors (Lipinski definition) is 2. The van der Waals surface area contributed by atoms with E-state index in [0.717, 1.165) is 0 Å². The number of amides is 2. The second kappa shape index (κ2) is 6.61. The van der Waals surface area contributed by atoms with Gasteiger partial charge >= 0.3 is 0 Å². The van der Waals surface area contributed by atoms with E-state index in [2.05, 4.69) is 10.6 Å². The summed E-state index contributed by atoms with van der Waals surface area (Å²) in [5.41, 5.74) is 1.33. The van der Waals surface area contributed by atoms with Gasteiger partial charge in [0.15, 0.2) is 0 Å². The number of anilines is 2. The lowest BCUT2D eigenvalue weighted by Gasteiger charge is -2.10. The van der Waals surface area contributed by atoms with Crippen LogP contribution in [0.2, 0.25) is 10.0 Å². The van der Waals surface area contributed by atoms with Gasteiger partial charge in [-0.1, -0.05) is 35.3 Å². The molecule has 0 spiro atoms. The Labute approximate surface area is 132 Å². The highest BCUT2D eigenvalue weighted by Gasteiger charge is 2.12. The summed E-state index contributed by atoms with van der Waals surface area (Å²) in [6, 6.07) is 11.5. The minimum atomic E-state index is -0.349. The number of benzene rings is 2. The van der Waals surface area contributed by atoms with Crippen LogP contribution in [-0.4, -0.2) is 11.8 Å². The van der Waals surface area contributed by atoms with Crippen molar-refractivity contribution in [1.82, 2.24) is 0 Å². The summed E-state index contributed by atoms with van der Waals surface area (Å²) in [5.74, 6) is -0.595. The summed E-state index contributed by atoms with van der Waals surface area (Å²) in [5, 5.41) is 6.08. The summed E-state index contributed by atoms with van der Waals surface area (Å²) >= 11 is 11.7. The van der Waals surface area contributed by atoms with Crippen molar-refractivity contribution in [3.63, 3.8) is 0 Å². The molecule has 0 fully saturated rings.